The molecule has 2 aliphatic heterocycles. The van der Waals surface area contributed by atoms with E-state index < -0.39 is 23.3 Å². The molecular weight excluding hydrogens is 634 g/mol. The number of nitrogen functional groups attached to an aromatic ring is 1. The highest BCUT2D eigenvalue weighted by atomic mass is 79.9. The van der Waals surface area contributed by atoms with Crippen LogP contribution >= 0.6 is 15.9 Å². The van der Waals surface area contributed by atoms with Gasteiger partial charge in [0.15, 0.2) is 15.9 Å². The van der Waals surface area contributed by atoms with Gasteiger partial charge in [-0.05, 0) is 43.7 Å². The van der Waals surface area contributed by atoms with Gasteiger partial charge >= 0.3 is 17.1 Å². The topological polar surface area (TPSA) is 116 Å². The summed E-state index contributed by atoms with van der Waals surface area (Å²) in [6, 6.07) is 9.90. The van der Waals surface area contributed by atoms with Crippen LogP contribution in [0, 0.1) is 0 Å². The summed E-state index contributed by atoms with van der Waals surface area (Å²) in [7, 11) is -5.42. The van der Waals surface area contributed by atoms with Gasteiger partial charge in [0.2, 0.25) is 11.8 Å². The van der Waals surface area contributed by atoms with Crippen LogP contribution in [0.5, 0.6) is 5.88 Å². The maximum Gasteiger partial charge on any atom is 0.335 e. The van der Waals surface area contributed by atoms with E-state index in [1.54, 1.807) is 0 Å². The van der Waals surface area contributed by atoms with Gasteiger partial charge in [0, 0.05) is 6.42 Å². The van der Waals surface area contributed by atoms with E-state index in [1.807, 2.05) is 34.9 Å². The lowest BCUT2D eigenvalue weighted by Gasteiger charge is -2.51. The number of aromatic nitrogens is 4. The van der Waals surface area contributed by atoms with Gasteiger partial charge in [0.05, 0.1) is 12.7 Å². The molecule has 42 heavy (non-hydrogen) atoms. The number of fused-ring (bicyclic) bond motifs is 2. The summed E-state index contributed by atoms with van der Waals surface area (Å²) in [6.45, 7) is 18.6. The Morgan fingerprint density at radius 2 is 1.57 bits per heavy atom. The Bertz CT molecular complexity index is 1370. The van der Waals surface area contributed by atoms with E-state index in [9.17, 15) is 0 Å². The molecule has 3 aromatic rings. The number of rotatable bonds is 8. The number of nitrogens with two attached hydrogens (primary N) is 1. The zero-order chi connectivity index (χ0) is 30.4. The standard InChI is InChI=1S/C29H44BrN5O5Si2/c1-17(2)41(18(3)4)37-16-23-22(39-42(40-41,19(5)6)20(7)8)14-24(38-23)35-26-25(32-28(35)30)27(34-29(31)33-26)36-15-21-12-10-9-11-13-21/h9-13,17-20,22-24H,14-16H2,1-8H3,(H2,31,33,34)/t22?,23-,24-/m1/s1. The van der Waals surface area contributed by atoms with Crippen LogP contribution in [0.15, 0.2) is 35.1 Å². The van der Waals surface area contributed by atoms with E-state index in [0.717, 1.165) is 5.56 Å². The number of imidazole rings is 1. The number of halogens is 1. The van der Waals surface area contributed by atoms with Gasteiger partial charge < -0.3 is 28.2 Å². The number of benzene rings is 1. The number of ether oxygens (including phenoxy) is 2. The molecule has 4 heterocycles. The summed E-state index contributed by atoms with van der Waals surface area (Å²) in [5.74, 6) is 0.431. The number of hydrogen-bond donors (Lipinski definition) is 1. The average molecular weight is 679 g/mol. The van der Waals surface area contributed by atoms with Crippen LogP contribution in [0.1, 0.15) is 73.6 Å². The molecule has 2 saturated heterocycles. The van der Waals surface area contributed by atoms with E-state index >= 15 is 0 Å². The zero-order valence-corrected chi connectivity index (χ0v) is 29.4. The fourth-order valence-electron chi connectivity index (χ4n) is 6.31. The Morgan fingerprint density at radius 3 is 2.19 bits per heavy atom. The van der Waals surface area contributed by atoms with Gasteiger partial charge in [-0.1, -0.05) is 85.7 Å². The third kappa shape index (κ3) is 5.69. The Balaban J connectivity index is 1.50. The van der Waals surface area contributed by atoms with Crippen molar-refractivity contribution in [2.75, 3.05) is 12.3 Å². The van der Waals surface area contributed by atoms with Crippen LogP contribution in [-0.2, 0) is 24.3 Å². The highest BCUT2D eigenvalue weighted by Gasteiger charge is 2.60. The fraction of sp³-hybridized carbons (Fsp3) is 0.621. The minimum Gasteiger partial charge on any atom is -0.471 e. The van der Waals surface area contributed by atoms with E-state index in [0.29, 0.717) is 41.4 Å². The second kappa shape index (κ2) is 12.3. The molecular formula is C29H44BrN5O5Si2. The third-order valence-corrected chi connectivity index (χ3v) is 19.4. The van der Waals surface area contributed by atoms with E-state index in [2.05, 4.69) is 81.3 Å². The molecule has 0 amide bonds. The number of anilines is 1. The molecule has 10 nitrogen and oxygen atoms in total. The summed E-state index contributed by atoms with van der Waals surface area (Å²) in [4.78, 5) is 13.7. The Kier molecular flexibility index (Phi) is 9.20. The fourth-order valence-corrected chi connectivity index (χ4v) is 18.1. The molecule has 2 aromatic heterocycles. The average Bonchev–Trinajstić information content (AvgIpc) is 3.46. The van der Waals surface area contributed by atoms with Crippen molar-refractivity contribution in [2.45, 2.75) is 109 Å². The Morgan fingerprint density at radius 1 is 0.929 bits per heavy atom. The van der Waals surface area contributed by atoms with E-state index in [4.69, 9.17) is 33.2 Å². The van der Waals surface area contributed by atoms with Crippen LogP contribution < -0.4 is 10.5 Å². The SMILES string of the molecule is CC(C)[Si]1(C(C)C)OC[C@H]2O[C@@H](n3c(Br)nc4c(OCc5ccccc5)nc(N)nc43)CC2O[Si](C(C)C)(C(C)C)O1. The van der Waals surface area contributed by atoms with Gasteiger partial charge in [-0.2, -0.15) is 9.97 Å². The third-order valence-electron chi connectivity index (χ3n) is 8.52. The van der Waals surface area contributed by atoms with Gasteiger partial charge in [0.25, 0.3) is 0 Å². The second-order valence-corrected chi connectivity index (χ2v) is 22.1. The maximum absolute atomic E-state index is 7.33. The molecule has 0 saturated carbocycles. The molecule has 3 atom stereocenters. The van der Waals surface area contributed by atoms with Crippen molar-refractivity contribution in [3.8, 4) is 5.88 Å². The molecule has 230 valence electrons. The maximum atomic E-state index is 7.33. The van der Waals surface area contributed by atoms with E-state index in [1.165, 1.54) is 0 Å². The highest BCUT2D eigenvalue weighted by molar-refractivity contribution is 9.10. The molecule has 1 unspecified atom stereocenters. The molecule has 1 aromatic carbocycles. The van der Waals surface area contributed by atoms with Crippen molar-refractivity contribution in [3.05, 3.63) is 40.6 Å². The van der Waals surface area contributed by atoms with Gasteiger partial charge in [-0.15, -0.1) is 0 Å². The van der Waals surface area contributed by atoms with Gasteiger partial charge in [-0.3, -0.25) is 4.57 Å². The predicted octanol–water partition coefficient (Wildman–Crippen LogP) is 6.99. The lowest BCUT2D eigenvalue weighted by Crippen LogP contribution is -2.65. The molecule has 13 heteroatoms. The summed E-state index contributed by atoms with van der Waals surface area (Å²) >= 11 is 3.66. The largest absolute Gasteiger partial charge is 0.471 e. The van der Waals surface area contributed by atoms with Crippen LogP contribution in [-0.4, -0.2) is 55.5 Å². The summed E-state index contributed by atoms with van der Waals surface area (Å²) in [6.07, 6.45) is -0.268. The molecule has 0 radical (unpaired) electrons. The molecule has 0 aliphatic carbocycles. The zero-order valence-electron chi connectivity index (χ0n) is 25.8. The van der Waals surface area contributed by atoms with Crippen molar-refractivity contribution in [2.24, 2.45) is 0 Å². The highest BCUT2D eigenvalue weighted by Crippen LogP contribution is 2.48. The minimum atomic E-state index is -2.75. The quantitative estimate of drug-likeness (QED) is 0.199. The molecule has 2 fully saturated rings. The van der Waals surface area contributed by atoms with Crippen molar-refractivity contribution in [1.82, 2.24) is 19.5 Å². The Hall–Kier alpha value is -1.88. The van der Waals surface area contributed by atoms with Crippen molar-refractivity contribution in [1.29, 1.82) is 0 Å². The lowest BCUT2D eigenvalue weighted by molar-refractivity contribution is -0.0550. The first-order chi connectivity index (χ1) is 19.9. The number of nitrogens with zero attached hydrogens (tertiary/aromatic N) is 4. The van der Waals surface area contributed by atoms with Crippen LogP contribution in [0.4, 0.5) is 5.95 Å². The summed E-state index contributed by atoms with van der Waals surface area (Å²) in [5.41, 5.74) is 9.24. The molecule has 2 N–H and O–H groups in total. The molecule has 0 bridgehead atoms. The van der Waals surface area contributed by atoms with Crippen molar-refractivity contribution in [3.63, 3.8) is 0 Å². The summed E-state index contributed by atoms with van der Waals surface area (Å²) in [5, 5.41) is 0. The predicted molar refractivity (Wildman–Crippen MR) is 171 cm³/mol. The lowest BCUT2D eigenvalue weighted by atomic mass is 10.2. The van der Waals surface area contributed by atoms with Gasteiger partial charge in [-0.25, -0.2) is 4.98 Å². The first-order valence-electron chi connectivity index (χ1n) is 14.9. The Labute approximate surface area is 259 Å². The smallest absolute Gasteiger partial charge is 0.335 e. The normalized spacial score (nSPS) is 24.0. The van der Waals surface area contributed by atoms with Crippen LogP contribution in [0.2, 0.25) is 22.2 Å². The second-order valence-electron chi connectivity index (χ2n) is 12.6. The number of hydrogen-bond acceptors (Lipinski definition) is 9. The molecule has 0 spiro atoms. The van der Waals surface area contributed by atoms with E-state index in [-0.39, 0.29) is 40.3 Å². The molecule has 2 aliphatic rings. The molecule has 5 rings (SSSR count). The first-order valence-corrected chi connectivity index (χ1v) is 19.7. The first kappa shape index (κ1) is 31.5. The minimum absolute atomic E-state index is 0.104. The van der Waals surface area contributed by atoms with Crippen LogP contribution in [0.25, 0.3) is 11.2 Å². The monoisotopic (exact) mass is 677 g/mol. The summed E-state index contributed by atoms with van der Waals surface area (Å²) < 4.78 is 36.7. The van der Waals surface area contributed by atoms with Crippen LogP contribution in [0.3, 0.4) is 0 Å². The van der Waals surface area contributed by atoms with Crippen molar-refractivity contribution >= 4 is 50.2 Å². The van der Waals surface area contributed by atoms with Gasteiger partial charge in [0.1, 0.15) is 18.9 Å². The van der Waals surface area contributed by atoms with Crippen molar-refractivity contribution < 1.29 is 22.4 Å².